The number of hydrogen-bond donors (Lipinski definition) is 1. The van der Waals surface area contributed by atoms with Gasteiger partial charge in [-0.2, -0.15) is 0 Å². The zero-order valence-corrected chi connectivity index (χ0v) is 11.3. The Kier molecular flexibility index (Phi) is 4.72. The molecule has 2 atom stereocenters. The molecule has 0 radical (unpaired) electrons. The van der Waals surface area contributed by atoms with Gasteiger partial charge in [0.25, 0.3) is 0 Å². The van der Waals surface area contributed by atoms with Gasteiger partial charge in [-0.3, -0.25) is 4.90 Å². The summed E-state index contributed by atoms with van der Waals surface area (Å²) in [6, 6.07) is 8.18. The largest absolute Gasteiger partial charge is 0.311 e. The number of hydrogen-bond acceptors (Lipinski definition) is 2. The fraction of sp³-hybridized carbons (Fsp3) is 0.600. The standard InChI is InChI=1S/C15H23FN2/c1-3-13-11-18(14(4-2)9-17-13)10-12-7-5-6-8-15(12)16/h5-8,13-14,17H,3-4,9-11H2,1-2H3. The molecule has 1 aromatic carbocycles. The normalized spacial score (nSPS) is 25.3. The van der Waals surface area contributed by atoms with E-state index in [1.807, 2.05) is 12.1 Å². The molecule has 1 heterocycles. The van der Waals surface area contributed by atoms with Gasteiger partial charge in [0.05, 0.1) is 0 Å². The van der Waals surface area contributed by atoms with E-state index >= 15 is 0 Å². The Hall–Kier alpha value is -0.930. The molecule has 3 heteroatoms. The lowest BCUT2D eigenvalue weighted by Gasteiger charge is -2.40. The Morgan fingerprint density at radius 3 is 2.72 bits per heavy atom. The molecule has 18 heavy (non-hydrogen) atoms. The van der Waals surface area contributed by atoms with Gasteiger partial charge in [-0.05, 0) is 18.9 Å². The van der Waals surface area contributed by atoms with Gasteiger partial charge in [0.1, 0.15) is 5.82 Å². The summed E-state index contributed by atoms with van der Waals surface area (Å²) in [5.41, 5.74) is 0.813. The van der Waals surface area contributed by atoms with Gasteiger partial charge in [-0.1, -0.05) is 32.0 Å². The molecule has 2 unspecified atom stereocenters. The lowest BCUT2D eigenvalue weighted by atomic mass is 10.0. The first-order valence-corrected chi connectivity index (χ1v) is 6.95. The van der Waals surface area contributed by atoms with Gasteiger partial charge in [-0.25, -0.2) is 4.39 Å². The number of halogens is 1. The van der Waals surface area contributed by atoms with Crippen LogP contribution in [0.15, 0.2) is 24.3 Å². The molecule has 1 N–H and O–H groups in total. The van der Waals surface area contributed by atoms with E-state index in [0.29, 0.717) is 12.1 Å². The van der Waals surface area contributed by atoms with Crippen molar-refractivity contribution in [3.05, 3.63) is 35.6 Å². The number of nitrogens with one attached hydrogen (secondary N) is 1. The first kappa shape index (κ1) is 13.5. The van der Waals surface area contributed by atoms with Crippen LogP contribution in [0.25, 0.3) is 0 Å². The van der Waals surface area contributed by atoms with Gasteiger partial charge in [0.15, 0.2) is 0 Å². The molecule has 1 saturated heterocycles. The highest BCUT2D eigenvalue weighted by Crippen LogP contribution is 2.17. The number of nitrogens with zero attached hydrogens (tertiary/aromatic N) is 1. The number of benzene rings is 1. The summed E-state index contributed by atoms with van der Waals surface area (Å²) in [7, 11) is 0. The van der Waals surface area contributed by atoms with Crippen LogP contribution in [0.2, 0.25) is 0 Å². The molecule has 0 aliphatic carbocycles. The maximum Gasteiger partial charge on any atom is 0.127 e. The van der Waals surface area contributed by atoms with E-state index in [1.54, 1.807) is 12.1 Å². The Bertz CT molecular complexity index is 381. The summed E-state index contributed by atoms with van der Waals surface area (Å²) in [6.45, 7) is 7.16. The van der Waals surface area contributed by atoms with Gasteiger partial charge in [0, 0.05) is 37.3 Å². The minimum atomic E-state index is -0.0843. The Morgan fingerprint density at radius 1 is 1.28 bits per heavy atom. The molecule has 1 aromatic rings. The predicted molar refractivity (Wildman–Crippen MR) is 73.0 cm³/mol. The summed E-state index contributed by atoms with van der Waals surface area (Å²) >= 11 is 0. The topological polar surface area (TPSA) is 15.3 Å². The van der Waals surface area contributed by atoms with Crippen LogP contribution in [-0.4, -0.2) is 30.1 Å². The van der Waals surface area contributed by atoms with Crippen LogP contribution in [0.5, 0.6) is 0 Å². The maximum atomic E-state index is 13.7. The Labute approximate surface area is 109 Å². The van der Waals surface area contributed by atoms with Crippen LogP contribution in [0.3, 0.4) is 0 Å². The van der Waals surface area contributed by atoms with Crippen molar-refractivity contribution in [1.82, 2.24) is 10.2 Å². The molecule has 1 fully saturated rings. The molecule has 1 aliphatic heterocycles. The maximum absolute atomic E-state index is 13.7. The van der Waals surface area contributed by atoms with Crippen molar-refractivity contribution >= 4 is 0 Å². The minimum absolute atomic E-state index is 0.0843. The average Bonchev–Trinajstić information content (AvgIpc) is 2.41. The van der Waals surface area contributed by atoms with E-state index < -0.39 is 0 Å². The van der Waals surface area contributed by atoms with Crippen molar-refractivity contribution < 1.29 is 4.39 Å². The molecule has 0 spiro atoms. The zero-order chi connectivity index (χ0) is 13.0. The van der Waals surface area contributed by atoms with Crippen LogP contribution in [0.1, 0.15) is 32.3 Å². The second-order valence-electron chi connectivity index (χ2n) is 5.10. The first-order valence-electron chi connectivity index (χ1n) is 6.95. The van der Waals surface area contributed by atoms with Crippen molar-refractivity contribution in [2.24, 2.45) is 0 Å². The van der Waals surface area contributed by atoms with E-state index in [1.165, 1.54) is 0 Å². The van der Waals surface area contributed by atoms with Crippen LogP contribution in [0.4, 0.5) is 4.39 Å². The zero-order valence-electron chi connectivity index (χ0n) is 11.3. The summed E-state index contributed by atoms with van der Waals surface area (Å²) in [4.78, 5) is 2.42. The van der Waals surface area contributed by atoms with Crippen LogP contribution in [-0.2, 0) is 6.54 Å². The highest BCUT2D eigenvalue weighted by Gasteiger charge is 2.26. The van der Waals surface area contributed by atoms with E-state index in [-0.39, 0.29) is 5.82 Å². The van der Waals surface area contributed by atoms with Gasteiger partial charge in [-0.15, -0.1) is 0 Å². The molecular formula is C15H23FN2. The van der Waals surface area contributed by atoms with E-state index in [4.69, 9.17) is 0 Å². The molecule has 0 saturated carbocycles. The fourth-order valence-corrected chi connectivity index (χ4v) is 2.64. The third-order valence-corrected chi connectivity index (χ3v) is 3.91. The molecule has 2 nitrogen and oxygen atoms in total. The van der Waals surface area contributed by atoms with Crippen LogP contribution < -0.4 is 5.32 Å². The van der Waals surface area contributed by atoms with E-state index in [9.17, 15) is 4.39 Å². The molecule has 0 aromatic heterocycles. The van der Waals surface area contributed by atoms with Crippen molar-refractivity contribution in [2.45, 2.75) is 45.3 Å². The molecule has 2 rings (SSSR count). The molecular weight excluding hydrogens is 227 g/mol. The SMILES string of the molecule is CCC1CN(Cc2ccccc2F)C(CC)CN1. The third kappa shape index (κ3) is 3.09. The monoisotopic (exact) mass is 250 g/mol. The molecule has 0 amide bonds. The highest BCUT2D eigenvalue weighted by atomic mass is 19.1. The first-order chi connectivity index (χ1) is 8.74. The second-order valence-corrected chi connectivity index (χ2v) is 5.10. The molecule has 100 valence electrons. The summed E-state index contributed by atoms with van der Waals surface area (Å²) < 4.78 is 13.7. The fourth-order valence-electron chi connectivity index (χ4n) is 2.64. The quantitative estimate of drug-likeness (QED) is 0.884. The minimum Gasteiger partial charge on any atom is -0.311 e. The molecule has 1 aliphatic rings. The van der Waals surface area contributed by atoms with E-state index in [0.717, 1.165) is 38.0 Å². The summed E-state index contributed by atoms with van der Waals surface area (Å²) in [6.07, 6.45) is 2.24. The van der Waals surface area contributed by atoms with Gasteiger partial charge in [0.2, 0.25) is 0 Å². The van der Waals surface area contributed by atoms with Crippen molar-refractivity contribution in [2.75, 3.05) is 13.1 Å². The third-order valence-electron chi connectivity index (χ3n) is 3.91. The van der Waals surface area contributed by atoms with Crippen LogP contribution in [0, 0.1) is 5.82 Å². The Balaban J connectivity index is 2.07. The smallest absolute Gasteiger partial charge is 0.127 e. The summed E-state index contributed by atoms with van der Waals surface area (Å²) in [5, 5.41) is 3.56. The number of piperazine rings is 1. The predicted octanol–water partition coefficient (Wildman–Crippen LogP) is 2.79. The lowest BCUT2D eigenvalue weighted by Crippen LogP contribution is -2.55. The van der Waals surface area contributed by atoms with Crippen molar-refractivity contribution in [3.63, 3.8) is 0 Å². The summed E-state index contributed by atoms with van der Waals surface area (Å²) in [5.74, 6) is -0.0843. The van der Waals surface area contributed by atoms with E-state index in [2.05, 4.69) is 24.1 Å². The average molecular weight is 250 g/mol. The van der Waals surface area contributed by atoms with Crippen molar-refractivity contribution in [3.8, 4) is 0 Å². The lowest BCUT2D eigenvalue weighted by molar-refractivity contribution is 0.116. The van der Waals surface area contributed by atoms with Crippen molar-refractivity contribution in [1.29, 1.82) is 0 Å². The van der Waals surface area contributed by atoms with Gasteiger partial charge < -0.3 is 5.32 Å². The van der Waals surface area contributed by atoms with Crippen LogP contribution >= 0.6 is 0 Å². The molecule has 0 bridgehead atoms. The Morgan fingerprint density at radius 2 is 2.06 bits per heavy atom. The second kappa shape index (κ2) is 6.30. The highest BCUT2D eigenvalue weighted by molar-refractivity contribution is 5.17. The number of rotatable bonds is 4. The van der Waals surface area contributed by atoms with Gasteiger partial charge >= 0.3 is 0 Å².